The van der Waals surface area contributed by atoms with Crippen LogP contribution in [0.4, 0.5) is 0 Å². The monoisotopic (exact) mass is 264 g/mol. The average molecular weight is 265 g/mol. The summed E-state index contributed by atoms with van der Waals surface area (Å²) in [6.07, 6.45) is 0. The summed E-state index contributed by atoms with van der Waals surface area (Å²) >= 11 is 0. The molecule has 0 radical (unpaired) electrons. The molecule has 0 saturated carbocycles. The Kier molecular flexibility index (Phi) is 33600. The topological polar surface area (TPSA) is 189 Å². The van der Waals surface area contributed by atoms with Crippen LogP contribution < -0.4 is 0 Å². The van der Waals surface area contributed by atoms with Crippen LogP contribution in [-0.2, 0) is 21.7 Å². The van der Waals surface area contributed by atoms with Gasteiger partial charge >= 0.3 is 0 Å². The quantitative estimate of drug-likeness (QED) is 0.390. The van der Waals surface area contributed by atoms with Gasteiger partial charge in [-0.3, -0.25) is 0 Å². The molecule has 12 N–H and O–H groups in total. The molecule has 0 aromatic rings. The van der Waals surface area contributed by atoms with Crippen molar-refractivity contribution >= 4 is 37.2 Å². The van der Waals surface area contributed by atoms with Crippen molar-refractivity contribution in [2.75, 3.05) is 0 Å². The minimum absolute atomic E-state index is 0. The predicted molar refractivity (Wildman–Crippen MR) is 43.4 cm³/mol. The minimum atomic E-state index is 0. The predicted octanol–water partition coefficient (Wildman–Crippen LogP) is -3.69. The average Bonchev–Trinajstić information content (AvgIpc) is 0. The Labute approximate surface area is 91.7 Å². The van der Waals surface area contributed by atoms with Crippen molar-refractivity contribution in [2.24, 2.45) is 0 Å². The van der Waals surface area contributed by atoms with Gasteiger partial charge < -0.3 is 32.9 Å². The van der Waals surface area contributed by atoms with Crippen molar-refractivity contribution in [3.05, 3.63) is 0 Å². The van der Waals surface area contributed by atoms with Crippen LogP contribution in [0.2, 0.25) is 0 Å². The normalized spacial score (nSPS) is 0. The van der Waals surface area contributed by atoms with E-state index in [0.717, 1.165) is 0 Å². The van der Waals surface area contributed by atoms with E-state index in [2.05, 4.69) is 0 Å². The molecule has 76 valence electrons. The maximum atomic E-state index is 0. The van der Waals surface area contributed by atoms with Crippen LogP contribution in [0, 0.1) is 0 Å². The summed E-state index contributed by atoms with van der Waals surface area (Å²) in [7, 11) is 0. The number of rotatable bonds is 0. The van der Waals surface area contributed by atoms with E-state index in [1.807, 2.05) is 0 Å². The third-order valence-electron chi connectivity index (χ3n) is 0. The van der Waals surface area contributed by atoms with E-state index in [-0.39, 0.29) is 91.8 Å². The summed E-state index contributed by atoms with van der Waals surface area (Å²) in [5.74, 6) is 0. The van der Waals surface area contributed by atoms with Gasteiger partial charge in [0.05, 0.1) is 0 Å². The van der Waals surface area contributed by atoms with Crippen LogP contribution in [0.25, 0.3) is 0 Å². The zero-order valence-electron chi connectivity index (χ0n) is 4.72. The van der Waals surface area contributed by atoms with E-state index >= 15 is 0 Å². The Morgan fingerprint density at radius 2 is 0.300 bits per heavy atom. The van der Waals surface area contributed by atoms with Gasteiger partial charge in [0.15, 0.2) is 0 Å². The Bertz CT molecular complexity index is 13.0. The van der Waals surface area contributed by atoms with Gasteiger partial charge in [-0.25, -0.2) is 0 Å². The molecule has 0 aromatic heterocycles. The van der Waals surface area contributed by atoms with Crippen molar-refractivity contribution < 1.29 is 54.6 Å². The Morgan fingerprint density at radius 1 is 0.300 bits per heavy atom. The summed E-state index contributed by atoms with van der Waals surface area (Å²) in [5, 5.41) is 0. The zero-order valence-corrected chi connectivity index (χ0v) is 8.74. The molecule has 0 aliphatic carbocycles. The second-order valence-electron chi connectivity index (χ2n) is 0. The Balaban J connectivity index is 0. The second-order valence-corrected chi connectivity index (χ2v) is 0. The van der Waals surface area contributed by atoms with Crippen LogP contribution in [0.1, 0.15) is 0 Å². The molecule has 0 atom stereocenters. The van der Waals surface area contributed by atoms with Gasteiger partial charge in [0, 0.05) is 21.7 Å². The molecular weight excluding hydrogens is 250 g/mol. The molecule has 0 aliphatic heterocycles. The van der Waals surface area contributed by atoms with Gasteiger partial charge in [0.2, 0.25) is 0 Å². The standard InChI is InChI=1S/3ClH.6H2O.Ti/h3*1H;6*1H2;. The van der Waals surface area contributed by atoms with Crippen molar-refractivity contribution in [3.8, 4) is 0 Å². The summed E-state index contributed by atoms with van der Waals surface area (Å²) in [5.41, 5.74) is 0. The van der Waals surface area contributed by atoms with Crippen LogP contribution in [0.15, 0.2) is 0 Å². The molecule has 0 heterocycles. The summed E-state index contributed by atoms with van der Waals surface area (Å²) in [4.78, 5) is 0. The first kappa shape index (κ1) is 672. The van der Waals surface area contributed by atoms with Crippen molar-refractivity contribution in [1.29, 1.82) is 0 Å². The van der Waals surface area contributed by atoms with Crippen LogP contribution in [0.5, 0.6) is 0 Å². The molecule has 6 nitrogen and oxygen atoms in total. The molecule has 0 aliphatic rings. The van der Waals surface area contributed by atoms with Crippen LogP contribution in [-0.4, -0.2) is 32.9 Å². The largest absolute Gasteiger partial charge is 0.412 e. The maximum absolute atomic E-state index is 0. The fourth-order valence-electron chi connectivity index (χ4n) is 0. The van der Waals surface area contributed by atoms with Crippen molar-refractivity contribution in [3.63, 3.8) is 0 Å². The van der Waals surface area contributed by atoms with E-state index in [4.69, 9.17) is 0 Å². The number of hydrogen-bond donors (Lipinski definition) is 0. The fraction of sp³-hybridized carbons (Fsp3) is 0. The van der Waals surface area contributed by atoms with E-state index in [0.29, 0.717) is 0 Å². The SMILES string of the molecule is Cl.Cl.Cl.O.O.O.O.O.O.[Ti]. The molecule has 0 spiro atoms. The van der Waals surface area contributed by atoms with Gasteiger partial charge in [-0.05, 0) is 0 Å². The summed E-state index contributed by atoms with van der Waals surface area (Å²) in [6, 6.07) is 0. The van der Waals surface area contributed by atoms with E-state index < -0.39 is 0 Å². The molecule has 0 aromatic carbocycles. The molecule has 0 bridgehead atoms. The van der Waals surface area contributed by atoms with E-state index in [1.54, 1.807) is 0 Å². The Hall–Kier alpha value is 1.34. The van der Waals surface area contributed by atoms with Gasteiger partial charge in [-0.1, -0.05) is 0 Å². The second kappa shape index (κ2) is 500. The summed E-state index contributed by atoms with van der Waals surface area (Å²) < 4.78 is 0. The first-order valence-electron chi connectivity index (χ1n) is 0. The number of hydrogen-bond acceptors (Lipinski definition) is 0. The van der Waals surface area contributed by atoms with Crippen LogP contribution >= 0.6 is 37.2 Å². The maximum Gasteiger partial charge on any atom is 0 e. The van der Waals surface area contributed by atoms with Gasteiger partial charge in [0.25, 0.3) is 0 Å². The molecule has 0 amide bonds. The first-order chi connectivity index (χ1) is 0. The third kappa shape index (κ3) is 360. The molecule has 0 rings (SSSR count). The third-order valence-corrected chi connectivity index (χ3v) is 0. The smallest absolute Gasteiger partial charge is 0 e. The fourth-order valence-corrected chi connectivity index (χ4v) is 0. The first-order valence-corrected chi connectivity index (χ1v) is 0. The van der Waals surface area contributed by atoms with Crippen molar-refractivity contribution in [2.45, 2.75) is 0 Å². The molecule has 0 fully saturated rings. The molecule has 10 heteroatoms. The molecular formula is H15Cl3O6Ti. The van der Waals surface area contributed by atoms with Gasteiger partial charge in [-0.15, -0.1) is 37.2 Å². The zero-order chi connectivity index (χ0) is 0. The van der Waals surface area contributed by atoms with Crippen molar-refractivity contribution in [1.82, 2.24) is 0 Å². The molecule has 10 heavy (non-hydrogen) atoms. The van der Waals surface area contributed by atoms with E-state index in [1.165, 1.54) is 0 Å². The minimum Gasteiger partial charge on any atom is -0.412 e. The summed E-state index contributed by atoms with van der Waals surface area (Å²) in [6.45, 7) is 0. The van der Waals surface area contributed by atoms with Gasteiger partial charge in [-0.2, -0.15) is 0 Å². The van der Waals surface area contributed by atoms with Gasteiger partial charge in [0.1, 0.15) is 0 Å². The Morgan fingerprint density at radius 3 is 0.300 bits per heavy atom. The van der Waals surface area contributed by atoms with Crippen LogP contribution in [0.3, 0.4) is 0 Å². The van der Waals surface area contributed by atoms with E-state index in [9.17, 15) is 0 Å². The number of halogens is 3. The molecule has 0 saturated heterocycles. The molecule has 0 unspecified atom stereocenters.